The molecule has 0 spiro atoms. The van der Waals surface area contributed by atoms with E-state index in [4.69, 9.17) is 0 Å². The summed E-state index contributed by atoms with van der Waals surface area (Å²) in [6.07, 6.45) is 7.68. The van der Waals surface area contributed by atoms with Crippen LogP contribution in [-0.4, -0.2) is 112 Å². The molecule has 1 unspecified atom stereocenters. The second kappa shape index (κ2) is 14.8. The molecule has 2 aromatic heterocycles. The molecule has 5 aromatic rings. The number of hydrogen-bond donors (Lipinski definition) is 2. The molecule has 12 heteroatoms. The fraction of sp³-hybridized carbons (Fsp3) is 0.375. The highest BCUT2D eigenvalue weighted by Crippen LogP contribution is 2.35. The smallest absolute Gasteiger partial charge is 0.236 e. The summed E-state index contributed by atoms with van der Waals surface area (Å²) in [4.78, 5) is 45.5. The van der Waals surface area contributed by atoms with Crippen molar-refractivity contribution in [2.75, 3.05) is 75.7 Å². The van der Waals surface area contributed by atoms with Gasteiger partial charge in [-0.25, -0.2) is 14.4 Å². The van der Waals surface area contributed by atoms with E-state index in [1.54, 1.807) is 24.5 Å². The predicted octanol–water partition coefficient (Wildman–Crippen LogP) is 5.29. The molecule has 2 N–H and O–H groups in total. The van der Waals surface area contributed by atoms with Crippen molar-refractivity contribution in [2.45, 2.75) is 25.7 Å². The van der Waals surface area contributed by atoms with Gasteiger partial charge in [-0.1, -0.05) is 6.42 Å². The Balaban J connectivity index is 0.916. The van der Waals surface area contributed by atoms with Gasteiger partial charge < -0.3 is 20.0 Å². The molecule has 268 valence electrons. The van der Waals surface area contributed by atoms with E-state index in [1.165, 1.54) is 18.6 Å². The van der Waals surface area contributed by atoms with Crippen LogP contribution in [0.4, 0.5) is 15.8 Å². The number of fused-ring (bicyclic) bond motifs is 1. The second-order valence-corrected chi connectivity index (χ2v) is 14.4. The molecule has 11 nitrogen and oxygen atoms in total. The van der Waals surface area contributed by atoms with Gasteiger partial charge in [-0.2, -0.15) is 5.10 Å². The van der Waals surface area contributed by atoms with Gasteiger partial charge in [-0.05, 0) is 112 Å². The van der Waals surface area contributed by atoms with Gasteiger partial charge in [0, 0.05) is 79.6 Å². The number of benzene rings is 3. The zero-order chi connectivity index (χ0) is 35.5. The Labute approximate surface area is 302 Å². The highest BCUT2D eigenvalue weighted by atomic mass is 19.1. The van der Waals surface area contributed by atoms with Gasteiger partial charge in [0.1, 0.15) is 5.82 Å². The lowest BCUT2D eigenvalue weighted by Gasteiger charge is -2.37. The highest BCUT2D eigenvalue weighted by molar-refractivity contribution is 6.00. The number of likely N-dealkylation sites (tertiary alicyclic amines) is 2. The first-order valence-electron chi connectivity index (χ1n) is 18.3. The lowest BCUT2D eigenvalue weighted by molar-refractivity contribution is -0.133. The van der Waals surface area contributed by atoms with Crippen LogP contribution in [0.25, 0.3) is 33.5 Å². The molecule has 3 saturated heterocycles. The van der Waals surface area contributed by atoms with Crippen molar-refractivity contribution in [1.82, 2.24) is 34.9 Å². The zero-order valence-electron chi connectivity index (χ0n) is 29.3. The molecule has 3 aliphatic heterocycles. The van der Waals surface area contributed by atoms with Crippen molar-refractivity contribution in [3.05, 3.63) is 91.0 Å². The van der Waals surface area contributed by atoms with Gasteiger partial charge in [0.05, 0.1) is 23.2 Å². The molecule has 3 fully saturated rings. The number of H-pyrrole nitrogens is 1. The molecule has 0 bridgehead atoms. The summed E-state index contributed by atoms with van der Waals surface area (Å²) in [6, 6.07) is 22.1. The highest BCUT2D eigenvalue weighted by Gasteiger charge is 2.46. The van der Waals surface area contributed by atoms with Gasteiger partial charge in [0.2, 0.25) is 11.8 Å². The Morgan fingerprint density at radius 1 is 0.808 bits per heavy atom. The van der Waals surface area contributed by atoms with Crippen LogP contribution < -0.4 is 10.2 Å². The quantitative estimate of drug-likeness (QED) is 0.213. The molecule has 8 rings (SSSR count). The fourth-order valence-electron chi connectivity index (χ4n) is 7.98. The van der Waals surface area contributed by atoms with E-state index >= 15 is 0 Å². The summed E-state index contributed by atoms with van der Waals surface area (Å²) in [5, 5.41) is 11.6. The zero-order valence-corrected chi connectivity index (χ0v) is 29.3. The van der Waals surface area contributed by atoms with Crippen LogP contribution in [-0.2, 0) is 9.59 Å². The van der Waals surface area contributed by atoms with E-state index in [1.807, 2.05) is 41.3 Å². The third-order valence-corrected chi connectivity index (χ3v) is 10.9. The average molecular weight is 702 g/mol. The Morgan fingerprint density at radius 2 is 1.54 bits per heavy atom. The summed E-state index contributed by atoms with van der Waals surface area (Å²) >= 11 is 0. The number of nitrogens with zero attached hydrogens (tertiary/aromatic N) is 7. The van der Waals surface area contributed by atoms with Crippen molar-refractivity contribution in [1.29, 1.82) is 0 Å². The minimum absolute atomic E-state index is 0.0161. The molecule has 2 amide bonds. The molecule has 3 aromatic carbocycles. The minimum Gasteiger partial charge on any atom is -0.368 e. The van der Waals surface area contributed by atoms with Crippen molar-refractivity contribution < 1.29 is 14.0 Å². The summed E-state index contributed by atoms with van der Waals surface area (Å²) in [7, 11) is 0. The van der Waals surface area contributed by atoms with Gasteiger partial charge in [0.25, 0.3) is 0 Å². The molecule has 1 atom stereocenters. The molecule has 0 saturated carbocycles. The largest absolute Gasteiger partial charge is 0.368 e. The number of hydrogen-bond acceptors (Lipinski definition) is 8. The number of rotatable bonds is 9. The van der Waals surface area contributed by atoms with E-state index in [0.29, 0.717) is 62.9 Å². The standard InChI is InChI=1S/C40H44FN9O2/c41-31-9-5-29(6-10-31)37-34-25-32(11-14-35(34)45-46-37)44-39(52)40(27-47-18-2-1-3-19-47)15-20-48(28-40)26-36(51)50-23-21-49(22-24-50)33-12-7-30(8-13-33)38-42-16-4-17-43-38/h4-14,16-17,25H,1-3,15,18-24,26-28H2,(H,44,52)(H,45,46). The molecule has 0 aliphatic carbocycles. The molecular formula is C40H44FN9O2. The van der Waals surface area contributed by atoms with E-state index in [9.17, 15) is 14.0 Å². The van der Waals surface area contributed by atoms with Crippen molar-refractivity contribution in [3.63, 3.8) is 0 Å². The van der Waals surface area contributed by atoms with Crippen LogP contribution >= 0.6 is 0 Å². The van der Waals surface area contributed by atoms with Crippen molar-refractivity contribution in [2.24, 2.45) is 5.41 Å². The fourth-order valence-corrected chi connectivity index (χ4v) is 7.98. The van der Waals surface area contributed by atoms with E-state index in [-0.39, 0.29) is 17.6 Å². The molecule has 52 heavy (non-hydrogen) atoms. The first kappa shape index (κ1) is 33.9. The topological polar surface area (TPSA) is 114 Å². The summed E-state index contributed by atoms with van der Waals surface area (Å²) in [5.41, 5.74) is 4.49. The average Bonchev–Trinajstić information content (AvgIpc) is 3.80. The number of nitrogens with one attached hydrogen (secondary N) is 2. The summed E-state index contributed by atoms with van der Waals surface area (Å²) in [6.45, 7) is 7.03. The monoisotopic (exact) mass is 701 g/mol. The third-order valence-electron chi connectivity index (χ3n) is 10.9. The number of aromatic nitrogens is 4. The van der Waals surface area contributed by atoms with Crippen LogP contribution in [0.2, 0.25) is 0 Å². The first-order valence-corrected chi connectivity index (χ1v) is 18.3. The van der Waals surface area contributed by atoms with Gasteiger partial charge in [-0.15, -0.1) is 0 Å². The number of piperazine rings is 1. The van der Waals surface area contributed by atoms with E-state index in [2.05, 4.69) is 52.3 Å². The van der Waals surface area contributed by atoms with Crippen molar-refractivity contribution in [3.8, 4) is 22.6 Å². The minimum atomic E-state index is -0.640. The lowest BCUT2D eigenvalue weighted by Crippen LogP contribution is -2.52. The molecular weight excluding hydrogens is 657 g/mol. The maximum atomic E-state index is 14.3. The first-order chi connectivity index (χ1) is 25.4. The van der Waals surface area contributed by atoms with Gasteiger partial charge in [0.15, 0.2) is 5.82 Å². The SMILES string of the molecule is O=C(CN1CCC(CN2CCCCC2)(C(=O)Nc2ccc3[nH]nc(-c4ccc(F)cc4)c3c2)C1)N1CCN(c2ccc(-c3ncccn3)cc2)CC1. The number of aromatic amines is 1. The number of anilines is 2. The number of carbonyl (C=O) groups excluding carboxylic acids is 2. The normalized spacial score (nSPS) is 20.0. The number of halogens is 1. The lowest BCUT2D eigenvalue weighted by atomic mass is 9.84. The maximum absolute atomic E-state index is 14.3. The van der Waals surface area contributed by atoms with E-state index < -0.39 is 5.41 Å². The van der Waals surface area contributed by atoms with Gasteiger partial charge in [-0.3, -0.25) is 19.6 Å². The number of amides is 2. The van der Waals surface area contributed by atoms with Crippen molar-refractivity contribution >= 4 is 34.1 Å². The predicted molar refractivity (Wildman–Crippen MR) is 200 cm³/mol. The van der Waals surface area contributed by atoms with Crippen LogP contribution in [0.5, 0.6) is 0 Å². The second-order valence-electron chi connectivity index (χ2n) is 14.4. The Hall–Kier alpha value is -5.20. The maximum Gasteiger partial charge on any atom is 0.236 e. The number of carbonyl (C=O) groups is 2. The Bertz CT molecular complexity index is 2010. The summed E-state index contributed by atoms with van der Waals surface area (Å²) in [5.74, 6) is 0.501. The van der Waals surface area contributed by atoms with Crippen LogP contribution in [0.1, 0.15) is 25.7 Å². The van der Waals surface area contributed by atoms with Crippen LogP contribution in [0, 0.1) is 11.2 Å². The Morgan fingerprint density at radius 3 is 2.29 bits per heavy atom. The Kier molecular flexibility index (Phi) is 9.66. The number of piperidine rings is 1. The molecule has 0 radical (unpaired) electrons. The molecule has 5 heterocycles. The molecule has 3 aliphatic rings. The third kappa shape index (κ3) is 7.26. The van der Waals surface area contributed by atoms with Crippen LogP contribution in [0.3, 0.4) is 0 Å². The van der Waals surface area contributed by atoms with Gasteiger partial charge >= 0.3 is 0 Å². The van der Waals surface area contributed by atoms with Crippen LogP contribution in [0.15, 0.2) is 85.2 Å². The summed E-state index contributed by atoms with van der Waals surface area (Å²) < 4.78 is 13.6. The van der Waals surface area contributed by atoms with E-state index in [0.717, 1.165) is 66.7 Å².